The van der Waals surface area contributed by atoms with E-state index in [1.165, 1.54) is 4.31 Å². The first-order valence-electron chi connectivity index (χ1n) is 10.0. The summed E-state index contributed by atoms with van der Waals surface area (Å²) in [5.74, 6) is -0.228. The van der Waals surface area contributed by atoms with Crippen molar-refractivity contribution in [2.75, 3.05) is 16.6 Å². The number of benzene rings is 2. The number of amides is 1. The maximum absolute atomic E-state index is 12.4. The molecule has 0 radical (unpaired) electrons. The zero-order chi connectivity index (χ0) is 22.6. The van der Waals surface area contributed by atoms with Crippen LogP contribution in [-0.4, -0.2) is 41.1 Å². The maximum Gasteiger partial charge on any atom is 0.251 e. The Labute approximate surface area is 183 Å². The highest BCUT2D eigenvalue weighted by atomic mass is 32.2. The van der Waals surface area contributed by atoms with Gasteiger partial charge < -0.3 is 5.32 Å². The fourth-order valence-corrected chi connectivity index (χ4v) is 6.36. The van der Waals surface area contributed by atoms with Crippen LogP contribution < -0.4 is 14.3 Å². The van der Waals surface area contributed by atoms with Crippen molar-refractivity contribution in [3.05, 3.63) is 65.2 Å². The summed E-state index contributed by atoms with van der Waals surface area (Å²) in [7, 11) is -6.64. The minimum Gasteiger partial charge on any atom is -0.348 e. The van der Waals surface area contributed by atoms with Gasteiger partial charge in [-0.05, 0) is 55.7 Å². The van der Waals surface area contributed by atoms with Crippen molar-refractivity contribution in [1.29, 1.82) is 0 Å². The van der Waals surface area contributed by atoms with Crippen LogP contribution in [0.3, 0.4) is 0 Å². The Morgan fingerprint density at radius 2 is 1.65 bits per heavy atom. The van der Waals surface area contributed by atoms with Crippen molar-refractivity contribution in [3.8, 4) is 0 Å². The molecule has 2 aromatic carbocycles. The highest BCUT2D eigenvalue weighted by molar-refractivity contribution is 7.93. The van der Waals surface area contributed by atoms with Gasteiger partial charge in [0.1, 0.15) is 0 Å². The molecule has 1 heterocycles. The number of nitrogens with zero attached hydrogens (tertiary/aromatic N) is 1. The lowest BCUT2D eigenvalue weighted by Crippen LogP contribution is -2.31. The minimum absolute atomic E-state index is 0.100. The van der Waals surface area contributed by atoms with Crippen LogP contribution in [0.2, 0.25) is 0 Å². The van der Waals surface area contributed by atoms with E-state index in [1.54, 1.807) is 62.4 Å². The van der Waals surface area contributed by atoms with Gasteiger partial charge in [0.15, 0.2) is 0 Å². The van der Waals surface area contributed by atoms with E-state index < -0.39 is 20.0 Å². The monoisotopic (exact) mass is 465 g/mol. The number of rotatable bonds is 8. The molecule has 3 rings (SSSR count). The van der Waals surface area contributed by atoms with Gasteiger partial charge in [-0.15, -0.1) is 0 Å². The molecule has 0 atom stereocenters. The summed E-state index contributed by atoms with van der Waals surface area (Å²) in [6.07, 6.45) is 0.601. The number of hydrogen-bond donors (Lipinski definition) is 2. The molecule has 1 saturated heterocycles. The van der Waals surface area contributed by atoms with Gasteiger partial charge >= 0.3 is 0 Å². The third-order valence-electron chi connectivity index (χ3n) is 4.76. The SMILES string of the molecule is CC(C)NS(=O)(=O)Cc1ccc(CNC(=O)c2ccc(N3CCCS3(=O)=O)cc2)cc1. The Hall–Kier alpha value is -2.43. The molecule has 0 bridgehead atoms. The molecule has 31 heavy (non-hydrogen) atoms. The summed E-state index contributed by atoms with van der Waals surface area (Å²) in [5, 5.41) is 2.81. The molecule has 1 aliphatic rings. The molecule has 1 amide bonds. The lowest BCUT2D eigenvalue weighted by atomic mass is 10.1. The number of hydrogen-bond acceptors (Lipinski definition) is 5. The average molecular weight is 466 g/mol. The smallest absolute Gasteiger partial charge is 0.251 e. The van der Waals surface area contributed by atoms with Gasteiger partial charge in [-0.1, -0.05) is 24.3 Å². The molecule has 0 saturated carbocycles. The zero-order valence-electron chi connectivity index (χ0n) is 17.5. The summed E-state index contributed by atoms with van der Waals surface area (Å²) in [4.78, 5) is 12.4. The fourth-order valence-electron chi connectivity index (χ4n) is 3.37. The van der Waals surface area contributed by atoms with Crippen LogP contribution in [0, 0.1) is 0 Å². The molecular formula is C21H27N3O5S2. The van der Waals surface area contributed by atoms with E-state index in [-0.39, 0.29) is 23.5 Å². The van der Waals surface area contributed by atoms with E-state index in [1.807, 2.05) is 0 Å². The predicted octanol–water partition coefficient (Wildman–Crippen LogP) is 1.98. The summed E-state index contributed by atoms with van der Waals surface area (Å²) in [5.41, 5.74) is 2.50. The first kappa shape index (κ1) is 23.2. The van der Waals surface area contributed by atoms with E-state index in [2.05, 4.69) is 10.0 Å². The van der Waals surface area contributed by atoms with Gasteiger partial charge in [-0.3, -0.25) is 9.10 Å². The predicted molar refractivity (Wildman–Crippen MR) is 121 cm³/mol. The average Bonchev–Trinajstić information content (AvgIpc) is 3.05. The van der Waals surface area contributed by atoms with E-state index in [9.17, 15) is 21.6 Å². The van der Waals surface area contributed by atoms with Crippen molar-refractivity contribution < 1.29 is 21.6 Å². The second-order valence-electron chi connectivity index (χ2n) is 7.82. The molecule has 1 fully saturated rings. The van der Waals surface area contributed by atoms with E-state index >= 15 is 0 Å². The highest BCUT2D eigenvalue weighted by Gasteiger charge is 2.28. The molecule has 2 aromatic rings. The Balaban J connectivity index is 1.56. The van der Waals surface area contributed by atoms with Crippen molar-refractivity contribution >= 4 is 31.6 Å². The molecule has 2 N–H and O–H groups in total. The van der Waals surface area contributed by atoms with Crippen LogP contribution in [-0.2, 0) is 32.3 Å². The van der Waals surface area contributed by atoms with Gasteiger partial charge in [0.2, 0.25) is 20.0 Å². The Morgan fingerprint density at radius 3 is 2.19 bits per heavy atom. The van der Waals surface area contributed by atoms with Crippen molar-refractivity contribution in [3.63, 3.8) is 0 Å². The number of sulfonamides is 2. The lowest BCUT2D eigenvalue weighted by molar-refractivity contribution is 0.0951. The van der Waals surface area contributed by atoms with Crippen LogP contribution >= 0.6 is 0 Å². The molecule has 8 nitrogen and oxygen atoms in total. The molecular weight excluding hydrogens is 438 g/mol. The van der Waals surface area contributed by atoms with E-state index in [0.717, 1.165) is 5.56 Å². The number of anilines is 1. The zero-order valence-corrected chi connectivity index (χ0v) is 19.2. The summed E-state index contributed by atoms with van der Waals surface area (Å²) >= 11 is 0. The van der Waals surface area contributed by atoms with E-state index in [0.29, 0.717) is 36.3 Å². The minimum atomic E-state index is -3.39. The normalized spacial score (nSPS) is 15.9. The third-order valence-corrected chi connectivity index (χ3v) is 8.18. The summed E-state index contributed by atoms with van der Waals surface area (Å²) < 4.78 is 51.9. The Bertz CT molecular complexity index is 1130. The second-order valence-corrected chi connectivity index (χ2v) is 11.6. The summed E-state index contributed by atoms with van der Waals surface area (Å²) in [6, 6.07) is 13.3. The Kier molecular flexibility index (Phi) is 7.03. The van der Waals surface area contributed by atoms with Crippen molar-refractivity contribution in [1.82, 2.24) is 10.0 Å². The van der Waals surface area contributed by atoms with Crippen LogP contribution in [0.4, 0.5) is 5.69 Å². The first-order chi connectivity index (χ1) is 14.6. The topological polar surface area (TPSA) is 113 Å². The molecule has 0 spiro atoms. The molecule has 0 aliphatic carbocycles. The van der Waals surface area contributed by atoms with E-state index in [4.69, 9.17) is 0 Å². The molecule has 0 unspecified atom stereocenters. The van der Waals surface area contributed by atoms with Crippen molar-refractivity contribution in [2.24, 2.45) is 0 Å². The second kappa shape index (κ2) is 9.37. The summed E-state index contributed by atoms with van der Waals surface area (Å²) in [6.45, 7) is 4.29. The standard InChI is InChI=1S/C21H27N3O5S2/c1-16(2)23-30(26,27)15-18-6-4-17(5-7-18)14-22-21(25)19-8-10-20(11-9-19)24-12-3-13-31(24,28)29/h4-11,16,23H,3,12-15H2,1-2H3,(H,22,25). The molecule has 0 aromatic heterocycles. The largest absolute Gasteiger partial charge is 0.348 e. The van der Waals surface area contributed by atoms with Crippen LogP contribution in [0.5, 0.6) is 0 Å². The molecule has 1 aliphatic heterocycles. The van der Waals surface area contributed by atoms with Gasteiger partial charge in [-0.2, -0.15) is 0 Å². The first-order valence-corrected chi connectivity index (χ1v) is 13.3. The maximum atomic E-state index is 12.4. The molecule has 10 heteroatoms. The van der Waals surface area contributed by atoms with Gasteiger partial charge in [-0.25, -0.2) is 21.6 Å². The third kappa shape index (κ3) is 6.28. The van der Waals surface area contributed by atoms with Crippen LogP contribution in [0.1, 0.15) is 41.8 Å². The number of carbonyl (C=O) groups is 1. The highest BCUT2D eigenvalue weighted by Crippen LogP contribution is 2.24. The Morgan fingerprint density at radius 1 is 1.03 bits per heavy atom. The quantitative estimate of drug-likeness (QED) is 0.619. The van der Waals surface area contributed by atoms with Gasteiger partial charge in [0, 0.05) is 24.7 Å². The number of carbonyl (C=O) groups excluding carboxylic acids is 1. The van der Waals surface area contributed by atoms with Gasteiger partial charge in [0.05, 0.1) is 17.2 Å². The fraction of sp³-hybridized carbons (Fsp3) is 0.381. The van der Waals surface area contributed by atoms with Crippen LogP contribution in [0.15, 0.2) is 48.5 Å². The van der Waals surface area contributed by atoms with Crippen molar-refractivity contribution in [2.45, 2.75) is 38.6 Å². The lowest BCUT2D eigenvalue weighted by Gasteiger charge is -2.17. The molecule has 168 valence electrons. The number of nitrogens with one attached hydrogen (secondary N) is 2. The van der Waals surface area contributed by atoms with Crippen LogP contribution in [0.25, 0.3) is 0 Å². The van der Waals surface area contributed by atoms with Gasteiger partial charge in [0.25, 0.3) is 5.91 Å².